The largest absolute Gasteiger partial charge is 0.365 e. The van der Waals surface area contributed by atoms with Crippen molar-refractivity contribution in [2.45, 2.75) is 18.2 Å². The number of anilines is 2. The van der Waals surface area contributed by atoms with Gasteiger partial charge in [-0.15, -0.1) is 0 Å². The van der Waals surface area contributed by atoms with Crippen LogP contribution < -0.4 is 10.6 Å². The number of pyridine rings is 1. The van der Waals surface area contributed by atoms with Crippen molar-refractivity contribution in [3.8, 4) is 0 Å². The van der Waals surface area contributed by atoms with Gasteiger partial charge in [0.1, 0.15) is 11.9 Å². The predicted molar refractivity (Wildman–Crippen MR) is 78.4 cm³/mol. The summed E-state index contributed by atoms with van der Waals surface area (Å²) in [6.07, 6.45) is 2.26. The van der Waals surface area contributed by atoms with E-state index in [1.807, 2.05) is 24.3 Å². The monoisotopic (exact) mass is 287 g/mol. The first kappa shape index (κ1) is 12.1. The fourth-order valence-electron chi connectivity index (χ4n) is 2.61. The molecule has 2 aliphatic heterocycles. The van der Waals surface area contributed by atoms with Gasteiger partial charge >= 0.3 is 0 Å². The van der Waals surface area contributed by atoms with Crippen molar-refractivity contribution in [3.63, 3.8) is 0 Å². The Labute approximate surface area is 122 Å². The van der Waals surface area contributed by atoms with E-state index in [2.05, 4.69) is 27.8 Å². The molecule has 1 aromatic heterocycles. The molecule has 0 amide bonds. The number of hydrogen-bond acceptors (Lipinski definition) is 4. The van der Waals surface area contributed by atoms with Crippen LogP contribution >= 0.6 is 11.6 Å². The van der Waals surface area contributed by atoms with E-state index in [1.165, 1.54) is 5.56 Å². The minimum Gasteiger partial charge on any atom is -0.365 e. The highest BCUT2D eigenvalue weighted by Gasteiger charge is 2.49. The van der Waals surface area contributed by atoms with Gasteiger partial charge in [-0.3, -0.25) is 0 Å². The third-order valence-electron chi connectivity index (χ3n) is 3.84. The van der Waals surface area contributed by atoms with Crippen LogP contribution in [-0.2, 0) is 4.74 Å². The number of aromatic nitrogens is 1. The molecule has 2 saturated heterocycles. The normalized spacial score (nSPS) is 27.1. The summed E-state index contributed by atoms with van der Waals surface area (Å²) in [5.41, 5.74) is 2.22. The van der Waals surface area contributed by atoms with Crippen molar-refractivity contribution >= 4 is 23.1 Å². The van der Waals surface area contributed by atoms with Crippen LogP contribution in [0.4, 0.5) is 11.5 Å². The van der Waals surface area contributed by atoms with Gasteiger partial charge in [-0.1, -0.05) is 23.7 Å². The second-order valence-corrected chi connectivity index (χ2v) is 5.57. The Morgan fingerprint density at radius 1 is 1.20 bits per heavy atom. The number of benzene rings is 1. The molecule has 0 bridgehead atoms. The van der Waals surface area contributed by atoms with E-state index in [1.54, 1.807) is 6.20 Å². The van der Waals surface area contributed by atoms with Gasteiger partial charge in [0.25, 0.3) is 0 Å². The molecular weight excluding hydrogens is 274 g/mol. The lowest BCUT2D eigenvalue weighted by molar-refractivity contribution is -0.203. The van der Waals surface area contributed by atoms with E-state index < -0.39 is 0 Å². The SMILES string of the molecule is Clc1ccc(Nc2ccc([C@@H]3OC4CN[C@H]43)cc2)nc1. The number of morpholine rings is 1. The lowest BCUT2D eigenvalue weighted by atomic mass is 9.86. The zero-order valence-corrected chi connectivity index (χ0v) is 11.5. The first-order chi connectivity index (χ1) is 9.79. The number of rotatable bonds is 3. The quantitative estimate of drug-likeness (QED) is 0.911. The van der Waals surface area contributed by atoms with Crippen molar-refractivity contribution in [2.75, 3.05) is 11.9 Å². The predicted octanol–water partition coefficient (Wildman–Crippen LogP) is 2.89. The molecule has 1 aromatic carbocycles. The molecule has 0 saturated carbocycles. The number of hydrogen-bond donors (Lipinski definition) is 2. The second kappa shape index (κ2) is 4.74. The summed E-state index contributed by atoms with van der Waals surface area (Å²) in [7, 11) is 0. The molecular formula is C15H14ClN3O. The number of nitrogens with one attached hydrogen (secondary N) is 2. The summed E-state index contributed by atoms with van der Waals surface area (Å²) < 4.78 is 5.79. The molecule has 3 atom stereocenters. The van der Waals surface area contributed by atoms with Gasteiger partial charge in [-0.2, -0.15) is 0 Å². The molecule has 4 rings (SSSR count). The van der Waals surface area contributed by atoms with Crippen LogP contribution in [0.1, 0.15) is 11.7 Å². The van der Waals surface area contributed by atoms with Crippen LogP contribution in [0.5, 0.6) is 0 Å². The summed E-state index contributed by atoms with van der Waals surface area (Å²) in [6.45, 7) is 0.989. The molecule has 3 heterocycles. The van der Waals surface area contributed by atoms with Crippen LogP contribution in [0.15, 0.2) is 42.6 Å². The summed E-state index contributed by atoms with van der Waals surface area (Å²) >= 11 is 5.81. The highest BCUT2D eigenvalue weighted by molar-refractivity contribution is 6.30. The van der Waals surface area contributed by atoms with Gasteiger partial charge in [-0.05, 0) is 29.8 Å². The van der Waals surface area contributed by atoms with Crippen molar-refractivity contribution in [1.82, 2.24) is 10.3 Å². The highest BCUT2D eigenvalue weighted by atomic mass is 35.5. The van der Waals surface area contributed by atoms with E-state index in [-0.39, 0.29) is 6.10 Å². The van der Waals surface area contributed by atoms with E-state index in [4.69, 9.17) is 16.3 Å². The van der Waals surface area contributed by atoms with Crippen molar-refractivity contribution in [2.24, 2.45) is 0 Å². The van der Waals surface area contributed by atoms with Gasteiger partial charge < -0.3 is 15.4 Å². The zero-order chi connectivity index (χ0) is 13.5. The molecule has 2 aliphatic rings. The number of nitrogens with zero attached hydrogens (tertiary/aromatic N) is 1. The fraction of sp³-hybridized carbons (Fsp3) is 0.267. The molecule has 2 aromatic rings. The Morgan fingerprint density at radius 3 is 2.60 bits per heavy atom. The summed E-state index contributed by atoms with van der Waals surface area (Å²) in [4.78, 5) is 4.21. The van der Waals surface area contributed by atoms with Gasteiger partial charge in [-0.25, -0.2) is 4.98 Å². The molecule has 0 spiro atoms. The second-order valence-electron chi connectivity index (χ2n) is 5.14. The minimum atomic E-state index is 0.205. The Morgan fingerprint density at radius 2 is 2.05 bits per heavy atom. The standard InChI is InChI=1S/C15H14ClN3O/c16-10-3-6-13(17-7-10)19-11-4-1-9(2-5-11)15-14-12(20-15)8-18-14/h1-7,12,14-15,18H,8H2,(H,17,19)/t12?,14-,15+/m1/s1. The summed E-state index contributed by atoms with van der Waals surface area (Å²) in [5.74, 6) is 0.780. The lowest BCUT2D eigenvalue weighted by Gasteiger charge is -2.53. The first-order valence-corrected chi connectivity index (χ1v) is 7.05. The Kier molecular flexibility index (Phi) is 2.88. The molecule has 5 heteroatoms. The third kappa shape index (κ3) is 2.06. The van der Waals surface area contributed by atoms with E-state index in [0.717, 1.165) is 18.1 Å². The van der Waals surface area contributed by atoms with Crippen LogP contribution in [0.3, 0.4) is 0 Å². The van der Waals surface area contributed by atoms with E-state index in [0.29, 0.717) is 17.2 Å². The Balaban J connectivity index is 1.45. The van der Waals surface area contributed by atoms with Crippen LogP contribution in [0.25, 0.3) is 0 Å². The topological polar surface area (TPSA) is 46.2 Å². The van der Waals surface area contributed by atoms with Gasteiger partial charge in [0, 0.05) is 18.4 Å². The van der Waals surface area contributed by atoms with Gasteiger partial charge in [0.15, 0.2) is 0 Å². The molecule has 0 radical (unpaired) electrons. The molecule has 2 N–H and O–H groups in total. The summed E-state index contributed by atoms with van der Waals surface area (Å²) in [6, 6.07) is 12.5. The number of fused-ring (bicyclic) bond motifs is 1. The third-order valence-corrected chi connectivity index (χ3v) is 4.07. The molecule has 0 aliphatic carbocycles. The average molecular weight is 288 g/mol. The number of ether oxygens (including phenoxy) is 1. The average Bonchev–Trinajstić information content (AvgIpc) is 2.45. The van der Waals surface area contributed by atoms with Crippen LogP contribution in [-0.4, -0.2) is 23.7 Å². The van der Waals surface area contributed by atoms with Gasteiger partial charge in [0.2, 0.25) is 0 Å². The smallest absolute Gasteiger partial charge is 0.130 e. The molecule has 2 fully saturated rings. The molecule has 20 heavy (non-hydrogen) atoms. The molecule has 4 nitrogen and oxygen atoms in total. The minimum absolute atomic E-state index is 0.205. The Bertz CT molecular complexity index is 614. The van der Waals surface area contributed by atoms with Crippen LogP contribution in [0, 0.1) is 0 Å². The lowest BCUT2D eigenvalue weighted by Crippen LogP contribution is -2.69. The first-order valence-electron chi connectivity index (χ1n) is 6.67. The van der Waals surface area contributed by atoms with Crippen LogP contribution in [0.2, 0.25) is 5.02 Å². The maximum atomic E-state index is 5.81. The molecule has 1 unspecified atom stereocenters. The number of halogens is 1. The summed E-state index contributed by atoms with van der Waals surface area (Å²) in [5, 5.41) is 7.27. The fourth-order valence-corrected chi connectivity index (χ4v) is 2.72. The Hall–Kier alpha value is -1.62. The van der Waals surface area contributed by atoms with Crippen molar-refractivity contribution in [1.29, 1.82) is 0 Å². The van der Waals surface area contributed by atoms with Crippen molar-refractivity contribution < 1.29 is 4.74 Å². The van der Waals surface area contributed by atoms with Crippen molar-refractivity contribution in [3.05, 3.63) is 53.2 Å². The van der Waals surface area contributed by atoms with E-state index >= 15 is 0 Å². The zero-order valence-electron chi connectivity index (χ0n) is 10.7. The van der Waals surface area contributed by atoms with Gasteiger partial charge in [0.05, 0.1) is 17.2 Å². The highest BCUT2D eigenvalue weighted by Crippen LogP contribution is 2.39. The maximum Gasteiger partial charge on any atom is 0.130 e. The van der Waals surface area contributed by atoms with E-state index in [9.17, 15) is 0 Å². The maximum absolute atomic E-state index is 5.81. The molecule has 102 valence electrons.